The summed E-state index contributed by atoms with van der Waals surface area (Å²) in [6, 6.07) is 8.64. The molecule has 0 fully saturated rings. The van der Waals surface area contributed by atoms with E-state index in [9.17, 15) is 4.79 Å². The first-order chi connectivity index (χ1) is 16.4. The quantitative estimate of drug-likeness (QED) is 0.459. The molecular weight excluding hydrogens is 462 g/mol. The maximum absolute atomic E-state index is 13.6. The van der Waals surface area contributed by atoms with E-state index in [4.69, 9.17) is 11.6 Å². The fourth-order valence-corrected chi connectivity index (χ4v) is 6.19. The van der Waals surface area contributed by atoms with Crippen molar-refractivity contribution in [2.75, 3.05) is 45.0 Å². The van der Waals surface area contributed by atoms with E-state index in [1.165, 1.54) is 35.3 Å². The number of nitrogens with one attached hydrogen (secondary N) is 1. The van der Waals surface area contributed by atoms with Gasteiger partial charge in [-0.25, -0.2) is 0 Å². The molecule has 1 N–H and O–H groups in total. The van der Waals surface area contributed by atoms with Gasteiger partial charge in [-0.2, -0.15) is 0 Å². The molecule has 1 amide bonds. The zero-order valence-electron chi connectivity index (χ0n) is 20.5. The monoisotopic (exact) mass is 495 g/mol. The Bertz CT molecular complexity index is 1140. The average Bonchev–Trinajstić information content (AvgIpc) is 2.98. The summed E-state index contributed by atoms with van der Waals surface area (Å²) in [5.74, 6) is 0.708. The highest BCUT2D eigenvalue weighted by Gasteiger charge is 2.23. The lowest BCUT2D eigenvalue weighted by molar-refractivity contribution is 0.0997. The molecule has 2 aromatic rings. The second kappa shape index (κ2) is 10.9. The highest BCUT2D eigenvalue weighted by atomic mass is 35.5. The van der Waals surface area contributed by atoms with Crippen molar-refractivity contribution >= 4 is 45.8 Å². The fourth-order valence-electron chi connectivity index (χ4n) is 4.87. The fraction of sp³-hybridized carbons (Fsp3) is 0.393. The van der Waals surface area contributed by atoms with Gasteiger partial charge in [0.15, 0.2) is 0 Å². The molecule has 0 saturated heterocycles. The van der Waals surface area contributed by atoms with Crippen LogP contribution in [0.4, 0.5) is 11.4 Å². The first kappa shape index (κ1) is 24.8. The van der Waals surface area contributed by atoms with Gasteiger partial charge < -0.3 is 15.1 Å². The third-order valence-corrected chi connectivity index (χ3v) is 8.09. The van der Waals surface area contributed by atoms with Gasteiger partial charge in [0.25, 0.3) is 5.91 Å². The number of carbonyl (C=O) groups is 1. The van der Waals surface area contributed by atoms with E-state index < -0.39 is 0 Å². The van der Waals surface area contributed by atoms with Crippen molar-refractivity contribution in [3.63, 3.8) is 0 Å². The van der Waals surface area contributed by atoms with Crippen LogP contribution in [0.25, 0.3) is 5.57 Å². The van der Waals surface area contributed by atoms with Crippen molar-refractivity contribution < 1.29 is 4.79 Å². The predicted molar refractivity (Wildman–Crippen MR) is 147 cm³/mol. The highest BCUT2D eigenvalue weighted by molar-refractivity contribution is 7.15. The number of nitrogens with zero attached hydrogens (tertiary/aromatic N) is 2. The number of aryl methyl sites for hydroxylation is 1. The molecule has 2 aliphatic rings. The molecule has 1 unspecified atom stereocenters. The van der Waals surface area contributed by atoms with Crippen molar-refractivity contribution in [1.82, 2.24) is 4.90 Å². The largest absolute Gasteiger partial charge is 0.387 e. The van der Waals surface area contributed by atoms with E-state index in [0.717, 1.165) is 52.5 Å². The number of hydrogen-bond donors (Lipinski definition) is 1. The average molecular weight is 496 g/mol. The number of anilines is 2. The van der Waals surface area contributed by atoms with Crippen LogP contribution < -0.4 is 10.2 Å². The smallest absolute Gasteiger partial charge is 0.270 e. The van der Waals surface area contributed by atoms with Gasteiger partial charge in [-0.15, -0.1) is 11.3 Å². The molecule has 6 heteroatoms. The number of halogens is 1. The Kier molecular flexibility index (Phi) is 7.97. The van der Waals surface area contributed by atoms with Gasteiger partial charge in [-0.3, -0.25) is 4.79 Å². The van der Waals surface area contributed by atoms with Crippen molar-refractivity contribution in [2.45, 2.75) is 32.1 Å². The Morgan fingerprint density at radius 1 is 1.18 bits per heavy atom. The zero-order chi connectivity index (χ0) is 24.2. The van der Waals surface area contributed by atoms with Gasteiger partial charge in [0.1, 0.15) is 4.88 Å². The van der Waals surface area contributed by atoms with Crippen molar-refractivity contribution in [2.24, 2.45) is 5.92 Å². The third kappa shape index (κ3) is 5.65. The topological polar surface area (TPSA) is 35.6 Å². The van der Waals surface area contributed by atoms with Gasteiger partial charge in [-0.05, 0) is 99.2 Å². The van der Waals surface area contributed by atoms with Gasteiger partial charge >= 0.3 is 0 Å². The molecule has 180 valence electrons. The lowest BCUT2D eigenvalue weighted by Gasteiger charge is -2.21. The Labute approximate surface area is 212 Å². The molecule has 1 aromatic heterocycles. The molecule has 0 saturated carbocycles. The summed E-state index contributed by atoms with van der Waals surface area (Å²) in [5, 5.41) is 3.93. The summed E-state index contributed by atoms with van der Waals surface area (Å²) < 4.78 is 0. The number of benzene rings is 1. The standard InChI is InChI=1S/C28H34ClN3OS/c1-30-25-17-26(20-8-6-10-23(29)13-11-20)34-27(25)28(33)32(4)24-14-12-22-15-19(18-31(2)3)7-5-9-21(22)16-24/h6,10-14,16-17,19,30H,5,7-9,15,18H2,1-4H3. The Balaban J connectivity index is 1.57. The molecule has 0 bridgehead atoms. The van der Waals surface area contributed by atoms with Crippen molar-refractivity contribution in [1.29, 1.82) is 0 Å². The highest BCUT2D eigenvalue weighted by Crippen LogP contribution is 2.36. The van der Waals surface area contributed by atoms with Crippen molar-refractivity contribution in [3.8, 4) is 0 Å². The number of rotatable bonds is 6. The molecular formula is C28H34ClN3OS. The first-order valence-corrected chi connectivity index (χ1v) is 13.1. The molecule has 4 rings (SSSR count). The molecule has 0 aliphatic heterocycles. The van der Waals surface area contributed by atoms with E-state index in [0.29, 0.717) is 11.0 Å². The summed E-state index contributed by atoms with van der Waals surface area (Å²) in [5.41, 5.74) is 5.80. The van der Waals surface area contributed by atoms with Crippen LogP contribution in [-0.4, -0.2) is 45.5 Å². The second-order valence-electron chi connectivity index (χ2n) is 9.50. The molecule has 0 radical (unpaired) electrons. The number of hydrogen-bond acceptors (Lipinski definition) is 4. The van der Waals surface area contributed by atoms with Crippen LogP contribution >= 0.6 is 22.9 Å². The van der Waals surface area contributed by atoms with E-state index in [2.05, 4.69) is 54.7 Å². The Morgan fingerprint density at radius 3 is 2.76 bits per heavy atom. The number of fused-ring (bicyclic) bond motifs is 1. The molecule has 1 atom stereocenters. The van der Waals surface area contributed by atoms with Crippen LogP contribution in [0.3, 0.4) is 0 Å². The summed E-state index contributed by atoms with van der Waals surface area (Å²) in [6.07, 6.45) is 13.4. The zero-order valence-corrected chi connectivity index (χ0v) is 22.1. The van der Waals surface area contributed by atoms with Gasteiger partial charge in [0.2, 0.25) is 0 Å². The molecule has 0 spiro atoms. The lowest BCUT2D eigenvalue weighted by atomic mass is 9.96. The second-order valence-corrected chi connectivity index (χ2v) is 11.0. The van der Waals surface area contributed by atoms with Gasteiger partial charge in [0, 0.05) is 36.2 Å². The maximum atomic E-state index is 13.6. The summed E-state index contributed by atoms with van der Waals surface area (Å²) in [4.78, 5) is 19.5. The van der Waals surface area contributed by atoms with Crippen LogP contribution in [0, 0.1) is 5.92 Å². The number of thiophene rings is 1. The summed E-state index contributed by atoms with van der Waals surface area (Å²) in [6.45, 7) is 1.13. The van der Waals surface area contributed by atoms with Gasteiger partial charge in [-0.1, -0.05) is 29.8 Å². The summed E-state index contributed by atoms with van der Waals surface area (Å²) >= 11 is 7.68. The maximum Gasteiger partial charge on any atom is 0.270 e. The van der Waals surface area contributed by atoms with Crippen LogP contribution in [-0.2, 0) is 12.8 Å². The molecule has 1 aromatic carbocycles. The SMILES string of the molecule is CNc1cc(C2=CC=C(Cl)C=CC2)sc1C(=O)N(C)c1ccc2c(c1)CCCC(CN(C)C)C2. The Hall–Kier alpha value is -2.34. The third-order valence-electron chi connectivity index (χ3n) is 6.64. The van der Waals surface area contributed by atoms with Crippen LogP contribution in [0.5, 0.6) is 0 Å². The minimum Gasteiger partial charge on any atom is -0.387 e. The van der Waals surface area contributed by atoms with E-state index in [1.807, 2.05) is 32.3 Å². The number of amides is 1. The number of carbonyl (C=O) groups excluding carboxylic acids is 1. The van der Waals surface area contributed by atoms with Crippen LogP contribution in [0.15, 0.2) is 53.6 Å². The van der Waals surface area contributed by atoms with Crippen molar-refractivity contribution in [3.05, 3.63) is 74.5 Å². The minimum absolute atomic E-state index is 0.0120. The first-order valence-electron chi connectivity index (χ1n) is 11.9. The van der Waals surface area contributed by atoms with Gasteiger partial charge in [0.05, 0.1) is 5.69 Å². The summed E-state index contributed by atoms with van der Waals surface area (Å²) in [7, 11) is 8.05. The van der Waals surface area contributed by atoms with E-state index >= 15 is 0 Å². The van der Waals surface area contributed by atoms with E-state index in [1.54, 1.807) is 4.90 Å². The Morgan fingerprint density at radius 2 is 2.00 bits per heavy atom. The minimum atomic E-state index is 0.0120. The lowest BCUT2D eigenvalue weighted by Crippen LogP contribution is -2.26. The molecule has 2 aliphatic carbocycles. The van der Waals surface area contributed by atoms with E-state index in [-0.39, 0.29) is 5.91 Å². The molecule has 4 nitrogen and oxygen atoms in total. The number of allylic oxidation sites excluding steroid dienone is 6. The molecule has 1 heterocycles. The van der Waals surface area contributed by atoms with Crippen LogP contribution in [0.2, 0.25) is 0 Å². The normalized spacial score (nSPS) is 18.0. The van der Waals surface area contributed by atoms with Crippen LogP contribution in [0.1, 0.15) is 44.9 Å². The molecule has 34 heavy (non-hydrogen) atoms. The predicted octanol–water partition coefficient (Wildman–Crippen LogP) is 6.59.